The Balaban J connectivity index is 2.06. The van der Waals surface area contributed by atoms with E-state index in [2.05, 4.69) is 4.99 Å². The molecule has 36 heavy (non-hydrogen) atoms. The molecule has 0 saturated heterocycles. The third kappa shape index (κ3) is 4.99. The molecule has 10 heteroatoms. The van der Waals surface area contributed by atoms with E-state index in [4.69, 9.17) is 18.9 Å². The number of fused-ring (bicyclic) bond motifs is 2. The second-order valence-corrected chi connectivity index (χ2v) is 8.46. The molecule has 0 aromatic carbocycles. The van der Waals surface area contributed by atoms with E-state index in [1.807, 2.05) is 26.8 Å². The molecule has 0 aliphatic heterocycles. The molecule has 4 aromatic rings. The Morgan fingerprint density at radius 3 is 2.69 bits per heavy atom. The summed E-state index contributed by atoms with van der Waals surface area (Å²) in [6.45, 7) is 8.22. The number of rotatable bonds is 8. The van der Waals surface area contributed by atoms with E-state index in [0.717, 1.165) is 5.56 Å². The number of carbonyl (C=O) groups excluding carboxylic acids is 2. The molecule has 0 bridgehead atoms. The first-order chi connectivity index (χ1) is 17.3. The normalized spacial score (nSPS) is 12.1. The van der Waals surface area contributed by atoms with Gasteiger partial charge in [-0.25, -0.2) is 9.78 Å². The van der Waals surface area contributed by atoms with Crippen LogP contribution in [0, 0.1) is 6.92 Å². The fourth-order valence-electron chi connectivity index (χ4n) is 3.87. The van der Waals surface area contributed by atoms with E-state index in [1.54, 1.807) is 29.8 Å². The summed E-state index contributed by atoms with van der Waals surface area (Å²) in [5, 5.41) is 0.204. The van der Waals surface area contributed by atoms with E-state index < -0.39 is 11.9 Å². The van der Waals surface area contributed by atoms with E-state index in [9.17, 15) is 14.4 Å². The molecule has 0 fully saturated rings. The molecule has 0 aliphatic rings. The van der Waals surface area contributed by atoms with Crippen LogP contribution in [0.25, 0.3) is 16.7 Å². The summed E-state index contributed by atoms with van der Waals surface area (Å²) >= 11 is 0. The molecule has 0 aliphatic carbocycles. The Hall–Kier alpha value is -4.05. The highest BCUT2D eigenvalue weighted by molar-refractivity contribution is 5.95. The van der Waals surface area contributed by atoms with Gasteiger partial charge in [0.1, 0.15) is 16.9 Å². The molecule has 4 rings (SSSR count). The quantitative estimate of drug-likeness (QED) is 0.210. The SMILES string of the molecule is CCOC(=O)c1cc2c(=O)n3cccc(C)c3nc2n(CCCOC(C)C)c1=NC(=O)c1ccco1. The number of hydrogen-bond donors (Lipinski definition) is 0. The van der Waals surface area contributed by atoms with Gasteiger partial charge >= 0.3 is 11.9 Å². The van der Waals surface area contributed by atoms with Gasteiger partial charge in [0, 0.05) is 19.3 Å². The lowest BCUT2D eigenvalue weighted by atomic mass is 10.2. The summed E-state index contributed by atoms with van der Waals surface area (Å²) in [6.07, 6.45) is 3.55. The van der Waals surface area contributed by atoms with Crippen LogP contribution in [0.1, 0.15) is 53.7 Å². The number of pyridine rings is 2. The maximum absolute atomic E-state index is 13.5. The predicted octanol–water partition coefficient (Wildman–Crippen LogP) is 3.28. The molecule has 4 heterocycles. The lowest BCUT2D eigenvalue weighted by molar-refractivity contribution is 0.0523. The number of ether oxygens (including phenoxy) is 2. The van der Waals surface area contributed by atoms with Gasteiger partial charge in [-0.1, -0.05) is 6.07 Å². The molecule has 0 radical (unpaired) electrons. The van der Waals surface area contributed by atoms with Gasteiger partial charge in [0.05, 0.1) is 24.4 Å². The van der Waals surface area contributed by atoms with Crippen molar-refractivity contribution in [2.24, 2.45) is 4.99 Å². The molecule has 0 unspecified atom stereocenters. The third-order valence-corrected chi connectivity index (χ3v) is 5.52. The van der Waals surface area contributed by atoms with Gasteiger partial charge < -0.3 is 18.5 Å². The van der Waals surface area contributed by atoms with Crippen LogP contribution in [0.2, 0.25) is 0 Å². The summed E-state index contributed by atoms with van der Waals surface area (Å²) in [5.41, 5.74) is 1.25. The topological polar surface area (TPSA) is 117 Å². The molecular formula is C26H28N4O6. The first-order valence-corrected chi connectivity index (χ1v) is 11.8. The van der Waals surface area contributed by atoms with Crippen molar-refractivity contribution < 1.29 is 23.5 Å². The Bertz CT molecular complexity index is 1550. The van der Waals surface area contributed by atoms with Crippen LogP contribution in [0.5, 0.6) is 0 Å². The van der Waals surface area contributed by atoms with Crippen molar-refractivity contribution in [2.45, 2.75) is 46.8 Å². The van der Waals surface area contributed by atoms with E-state index in [0.29, 0.717) is 24.3 Å². The van der Waals surface area contributed by atoms with E-state index in [1.165, 1.54) is 22.8 Å². The van der Waals surface area contributed by atoms with Crippen LogP contribution >= 0.6 is 0 Å². The maximum atomic E-state index is 13.5. The first-order valence-electron chi connectivity index (χ1n) is 11.8. The smallest absolute Gasteiger partial charge is 0.341 e. The van der Waals surface area contributed by atoms with Gasteiger partial charge in [-0.05, 0) is 63.9 Å². The van der Waals surface area contributed by atoms with Crippen molar-refractivity contribution in [1.29, 1.82) is 0 Å². The first kappa shape index (κ1) is 25.1. The molecule has 1 amide bonds. The Kier molecular flexibility index (Phi) is 7.44. The second kappa shape index (κ2) is 10.7. The van der Waals surface area contributed by atoms with Crippen LogP contribution in [0.4, 0.5) is 0 Å². The molecular weight excluding hydrogens is 464 g/mol. The second-order valence-electron chi connectivity index (χ2n) is 8.46. The monoisotopic (exact) mass is 492 g/mol. The molecule has 188 valence electrons. The lowest BCUT2D eigenvalue weighted by Gasteiger charge is -2.16. The average molecular weight is 493 g/mol. The summed E-state index contributed by atoms with van der Waals surface area (Å²) in [5.74, 6) is -1.36. The van der Waals surface area contributed by atoms with Gasteiger partial charge in [0.15, 0.2) is 11.2 Å². The fourth-order valence-corrected chi connectivity index (χ4v) is 3.87. The minimum Gasteiger partial charge on any atom is -0.462 e. The van der Waals surface area contributed by atoms with Crippen LogP contribution in [0.15, 0.2) is 57.0 Å². The highest BCUT2D eigenvalue weighted by Gasteiger charge is 2.21. The predicted molar refractivity (Wildman–Crippen MR) is 132 cm³/mol. The van der Waals surface area contributed by atoms with Crippen molar-refractivity contribution in [1.82, 2.24) is 14.0 Å². The third-order valence-electron chi connectivity index (χ3n) is 5.52. The maximum Gasteiger partial charge on any atom is 0.341 e. The van der Waals surface area contributed by atoms with Gasteiger partial charge in [-0.3, -0.25) is 14.0 Å². The van der Waals surface area contributed by atoms with Crippen LogP contribution in [-0.4, -0.2) is 45.1 Å². The van der Waals surface area contributed by atoms with Crippen LogP contribution in [0.3, 0.4) is 0 Å². The molecule has 10 nitrogen and oxygen atoms in total. The minimum atomic E-state index is -0.702. The van der Waals surface area contributed by atoms with Crippen molar-refractivity contribution >= 4 is 28.6 Å². The molecule has 4 aromatic heterocycles. The number of hydrogen-bond acceptors (Lipinski definition) is 7. The van der Waals surface area contributed by atoms with Crippen molar-refractivity contribution in [3.63, 3.8) is 0 Å². The van der Waals surface area contributed by atoms with E-state index >= 15 is 0 Å². The van der Waals surface area contributed by atoms with Crippen LogP contribution < -0.4 is 11.0 Å². The molecule has 0 spiro atoms. The van der Waals surface area contributed by atoms with Crippen molar-refractivity contribution in [2.75, 3.05) is 13.2 Å². The van der Waals surface area contributed by atoms with Gasteiger partial charge in [-0.2, -0.15) is 4.99 Å². The lowest BCUT2D eigenvalue weighted by Crippen LogP contribution is -2.33. The fraction of sp³-hybridized carbons (Fsp3) is 0.346. The van der Waals surface area contributed by atoms with Crippen molar-refractivity contribution in [3.05, 3.63) is 75.5 Å². The number of furan rings is 1. The number of carbonyl (C=O) groups is 2. The summed E-state index contributed by atoms with van der Waals surface area (Å²) < 4.78 is 19.2. The summed E-state index contributed by atoms with van der Waals surface area (Å²) in [4.78, 5) is 48.4. The van der Waals surface area contributed by atoms with Gasteiger partial charge in [0.2, 0.25) is 0 Å². The Morgan fingerprint density at radius 1 is 1.19 bits per heavy atom. The van der Waals surface area contributed by atoms with Gasteiger partial charge in [0.25, 0.3) is 5.56 Å². The largest absolute Gasteiger partial charge is 0.462 e. The Labute approximate surface area is 206 Å². The van der Waals surface area contributed by atoms with Crippen molar-refractivity contribution in [3.8, 4) is 0 Å². The standard InChI is InChI=1S/C26H28N4O6/c1-5-34-26(33)19-15-18-22(27-21-17(4)9-6-11-30(21)25(18)32)29(12-8-14-35-16(2)3)23(19)28-24(31)20-10-7-13-36-20/h6-7,9-11,13,15-16H,5,8,12,14H2,1-4H3. The van der Waals surface area contributed by atoms with Crippen LogP contribution in [-0.2, 0) is 16.0 Å². The molecule has 0 saturated carbocycles. The van der Waals surface area contributed by atoms with Gasteiger partial charge in [-0.15, -0.1) is 0 Å². The minimum absolute atomic E-state index is 0.0134. The molecule has 0 atom stereocenters. The zero-order valence-corrected chi connectivity index (χ0v) is 20.7. The average Bonchev–Trinajstić information content (AvgIpc) is 3.38. The summed E-state index contributed by atoms with van der Waals surface area (Å²) in [7, 11) is 0. The van der Waals surface area contributed by atoms with E-state index in [-0.39, 0.29) is 47.0 Å². The zero-order valence-electron chi connectivity index (χ0n) is 20.7. The number of aromatic nitrogens is 3. The number of nitrogens with zero attached hydrogens (tertiary/aromatic N) is 4. The highest BCUT2D eigenvalue weighted by atomic mass is 16.5. The zero-order chi connectivity index (χ0) is 25.8. The Morgan fingerprint density at radius 2 is 2.00 bits per heavy atom. The number of esters is 1. The highest BCUT2D eigenvalue weighted by Crippen LogP contribution is 2.14. The number of aryl methyl sites for hydroxylation is 2. The summed E-state index contributed by atoms with van der Waals surface area (Å²) in [6, 6.07) is 8.07. The number of amides is 1. The molecule has 0 N–H and O–H groups in total.